The number of hydrogen-bond donors (Lipinski definition) is 0. The van der Waals surface area contributed by atoms with Gasteiger partial charge >= 0.3 is 5.97 Å². The summed E-state index contributed by atoms with van der Waals surface area (Å²) in [5.41, 5.74) is 0. The van der Waals surface area contributed by atoms with Crippen molar-refractivity contribution in [1.82, 2.24) is 0 Å². The average molecular weight is 357 g/mol. The lowest BCUT2D eigenvalue weighted by Crippen LogP contribution is -2.25. The van der Waals surface area contributed by atoms with Gasteiger partial charge in [0, 0.05) is 6.42 Å². The molecule has 3 nitrogen and oxygen atoms in total. The third-order valence-electron chi connectivity index (χ3n) is 5.17. The molecule has 0 N–H and O–H groups in total. The van der Waals surface area contributed by atoms with Crippen molar-refractivity contribution in [2.24, 2.45) is 11.8 Å². The van der Waals surface area contributed by atoms with Gasteiger partial charge in [-0.1, -0.05) is 26.2 Å². The molecule has 142 valence electrons. The summed E-state index contributed by atoms with van der Waals surface area (Å²) in [6.07, 6.45) is 16.1. The van der Waals surface area contributed by atoms with Crippen molar-refractivity contribution in [3.05, 3.63) is 24.3 Å². The van der Waals surface area contributed by atoms with Gasteiger partial charge in [0.1, 0.15) is 11.5 Å². The number of esters is 1. The number of unbranched alkanes of at least 4 members (excludes halogenated alkanes) is 3. The maximum atomic E-state index is 12.4. The Balaban J connectivity index is 1.70. The summed E-state index contributed by atoms with van der Waals surface area (Å²) < 4.78 is 11.2. The maximum absolute atomic E-state index is 12.4. The number of hydrogen-bond acceptors (Lipinski definition) is 3. The van der Waals surface area contributed by atoms with E-state index in [0.29, 0.717) is 12.4 Å². The Labute approximate surface area is 158 Å². The highest BCUT2D eigenvalue weighted by Gasteiger charge is 2.27. The standard InChI is InChI=1S/C23H32O3/c1-3-5-7-8-18-25-21-14-16-22(17-15-21)26-23(24)20-12-10-19(11-13-20)9-6-4-2/h1,14-17,19-20H,4-13,18H2,2H3. The molecule has 0 heterocycles. The fraction of sp³-hybridized carbons (Fsp3) is 0.609. The smallest absolute Gasteiger partial charge is 0.314 e. The number of ether oxygens (including phenoxy) is 2. The number of terminal acetylenes is 1. The molecule has 0 amide bonds. The molecule has 2 rings (SSSR count). The minimum atomic E-state index is -0.0816. The van der Waals surface area contributed by atoms with E-state index in [1.165, 1.54) is 19.3 Å². The predicted molar refractivity (Wildman–Crippen MR) is 105 cm³/mol. The molecule has 0 spiro atoms. The Morgan fingerprint density at radius 2 is 1.77 bits per heavy atom. The topological polar surface area (TPSA) is 35.5 Å². The van der Waals surface area contributed by atoms with Gasteiger partial charge in [0.05, 0.1) is 12.5 Å². The van der Waals surface area contributed by atoms with Crippen LogP contribution in [0.25, 0.3) is 0 Å². The van der Waals surface area contributed by atoms with Gasteiger partial charge in [-0.15, -0.1) is 12.3 Å². The van der Waals surface area contributed by atoms with E-state index in [9.17, 15) is 4.79 Å². The number of rotatable bonds is 10. The van der Waals surface area contributed by atoms with Gasteiger partial charge in [-0.25, -0.2) is 0 Å². The Kier molecular flexibility index (Phi) is 9.10. The molecule has 1 aromatic rings. The van der Waals surface area contributed by atoms with Gasteiger partial charge < -0.3 is 9.47 Å². The van der Waals surface area contributed by atoms with E-state index >= 15 is 0 Å². The molecule has 0 radical (unpaired) electrons. The summed E-state index contributed by atoms with van der Waals surface area (Å²) in [6, 6.07) is 7.32. The van der Waals surface area contributed by atoms with Gasteiger partial charge in [-0.2, -0.15) is 0 Å². The Morgan fingerprint density at radius 1 is 1.08 bits per heavy atom. The van der Waals surface area contributed by atoms with Gasteiger partial charge in [-0.05, 0) is 68.7 Å². The van der Waals surface area contributed by atoms with E-state index in [4.69, 9.17) is 15.9 Å². The Morgan fingerprint density at radius 3 is 2.42 bits per heavy atom. The maximum Gasteiger partial charge on any atom is 0.314 e. The van der Waals surface area contributed by atoms with E-state index in [2.05, 4.69) is 12.8 Å². The first-order valence-corrected chi connectivity index (χ1v) is 10.1. The third-order valence-corrected chi connectivity index (χ3v) is 5.17. The zero-order valence-electron chi connectivity index (χ0n) is 16.0. The number of carbonyl (C=O) groups excluding carboxylic acids is 1. The van der Waals surface area contributed by atoms with Crippen molar-refractivity contribution in [3.63, 3.8) is 0 Å². The molecular weight excluding hydrogens is 324 g/mol. The summed E-state index contributed by atoms with van der Waals surface area (Å²) in [5.74, 6) is 4.80. The van der Waals surface area contributed by atoms with Crippen LogP contribution in [-0.4, -0.2) is 12.6 Å². The van der Waals surface area contributed by atoms with Crippen LogP contribution in [0.5, 0.6) is 11.5 Å². The second-order valence-corrected chi connectivity index (χ2v) is 7.26. The minimum absolute atomic E-state index is 0.0555. The van der Waals surface area contributed by atoms with Gasteiger partial charge in [-0.3, -0.25) is 4.79 Å². The zero-order chi connectivity index (χ0) is 18.6. The lowest BCUT2D eigenvalue weighted by Gasteiger charge is -2.27. The summed E-state index contributed by atoms with van der Waals surface area (Å²) in [6.45, 7) is 2.89. The van der Waals surface area contributed by atoms with Crippen LogP contribution in [0.2, 0.25) is 0 Å². The quantitative estimate of drug-likeness (QED) is 0.231. The lowest BCUT2D eigenvalue weighted by molar-refractivity contribution is -0.140. The lowest BCUT2D eigenvalue weighted by atomic mass is 9.80. The van der Waals surface area contributed by atoms with E-state index in [1.807, 2.05) is 24.3 Å². The van der Waals surface area contributed by atoms with Crippen molar-refractivity contribution < 1.29 is 14.3 Å². The number of carbonyl (C=O) groups is 1. The van der Waals surface area contributed by atoms with Gasteiger partial charge in [0.2, 0.25) is 0 Å². The minimum Gasteiger partial charge on any atom is -0.494 e. The third kappa shape index (κ3) is 7.12. The van der Waals surface area contributed by atoms with Crippen LogP contribution in [0, 0.1) is 24.2 Å². The molecule has 1 aliphatic carbocycles. The summed E-state index contributed by atoms with van der Waals surface area (Å²) >= 11 is 0. The Hall–Kier alpha value is -1.95. The summed E-state index contributed by atoms with van der Waals surface area (Å²) in [7, 11) is 0. The predicted octanol–water partition coefficient (Wildman–Crippen LogP) is 5.77. The van der Waals surface area contributed by atoms with E-state index in [0.717, 1.165) is 56.6 Å². The average Bonchev–Trinajstić information content (AvgIpc) is 2.68. The zero-order valence-corrected chi connectivity index (χ0v) is 16.0. The molecule has 1 saturated carbocycles. The summed E-state index contributed by atoms with van der Waals surface area (Å²) in [4.78, 5) is 12.4. The molecule has 1 aromatic carbocycles. The van der Waals surface area contributed by atoms with Crippen molar-refractivity contribution in [2.75, 3.05) is 6.61 Å². The largest absolute Gasteiger partial charge is 0.494 e. The first-order valence-electron chi connectivity index (χ1n) is 10.1. The second kappa shape index (κ2) is 11.6. The molecule has 0 unspecified atom stereocenters. The molecule has 0 bridgehead atoms. The molecular formula is C23H32O3. The fourth-order valence-corrected chi connectivity index (χ4v) is 3.50. The monoisotopic (exact) mass is 356 g/mol. The van der Waals surface area contributed by atoms with E-state index < -0.39 is 0 Å². The molecule has 1 fully saturated rings. The van der Waals surface area contributed by atoms with Crippen LogP contribution >= 0.6 is 0 Å². The first-order chi connectivity index (χ1) is 12.7. The molecule has 3 heteroatoms. The highest BCUT2D eigenvalue weighted by atomic mass is 16.5. The normalized spacial score (nSPS) is 19.5. The Bertz CT molecular complexity index is 562. The van der Waals surface area contributed by atoms with Crippen LogP contribution in [-0.2, 0) is 4.79 Å². The molecule has 1 aliphatic rings. The molecule has 0 atom stereocenters. The number of benzene rings is 1. The van der Waals surface area contributed by atoms with Crippen molar-refractivity contribution in [2.45, 2.75) is 71.1 Å². The van der Waals surface area contributed by atoms with Crippen LogP contribution in [0.3, 0.4) is 0 Å². The van der Waals surface area contributed by atoms with Gasteiger partial charge in [0.15, 0.2) is 0 Å². The van der Waals surface area contributed by atoms with Crippen molar-refractivity contribution in [3.8, 4) is 23.8 Å². The van der Waals surface area contributed by atoms with E-state index in [1.54, 1.807) is 0 Å². The van der Waals surface area contributed by atoms with Crippen LogP contribution in [0.1, 0.15) is 71.1 Å². The molecule has 26 heavy (non-hydrogen) atoms. The van der Waals surface area contributed by atoms with Crippen molar-refractivity contribution in [1.29, 1.82) is 0 Å². The highest BCUT2D eigenvalue weighted by Crippen LogP contribution is 2.33. The molecule has 0 saturated heterocycles. The van der Waals surface area contributed by atoms with Crippen LogP contribution < -0.4 is 9.47 Å². The first kappa shape index (κ1) is 20.4. The summed E-state index contributed by atoms with van der Waals surface area (Å²) in [5, 5.41) is 0. The second-order valence-electron chi connectivity index (χ2n) is 7.26. The molecule has 0 aliphatic heterocycles. The SMILES string of the molecule is C#CCCCCOc1ccc(OC(=O)C2CCC(CCCC)CC2)cc1. The van der Waals surface area contributed by atoms with Crippen LogP contribution in [0.15, 0.2) is 24.3 Å². The molecule has 0 aromatic heterocycles. The van der Waals surface area contributed by atoms with Crippen LogP contribution in [0.4, 0.5) is 0 Å². The van der Waals surface area contributed by atoms with E-state index in [-0.39, 0.29) is 11.9 Å². The van der Waals surface area contributed by atoms with Gasteiger partial charge in [0.25, 0.3) is 0 Å². The fourth-order valence-electron chi connectivity index (χ4n) is 3.50. The highest BCUT2D eigenvalue weighted by molar-refractivity contribution is 5.75. The van der Waals surface area contributed by atoms with Crippen molar-refractivity contribution >= 4 is 5.97 Å².